The van der Waals surface area contributed by atoms with E-state index in [1.54, 1.807) is 52.5 Å². The van der Waals surface area contributed by atoms with Crippen LogP contribution in [0.2, 0.25) is 5.02 Å². The SMILES string of the molecule is COCCCN(CC(=O)N(Cc1ccccc1)Cc1cccs1)C(=O)c1ccc(Cl)cc1. The lowest BCUT2D eigenvalue weighted by atomic mass is 10.2. The number of methoxy groups -OCH3 is 1. The Morgan fingerprint density at radius 2 is 1.69 bits per heavy atom. The molecule has 0 aliphatic rings. The van der Waals surface area contributed by atoms with Crippen molar-refractivity contribution >= 4 is 34.8 Å². The van der Waals surface area contributed by atoms with Gasteiger partial charge in [-0.15, -0.1) is 11.3 Å². The van der Waals surface area contributed by atoms with Gasteiger partial charge in [0.2, 0.25) is 5.91 Å². The summed E-state index contributed by atoms with van der Waals surface area (Å²) in [7, 11) is 1.62. The predicted octanol–water partition coefficient (Wildman–Crippen LogP) is 5.11. The van der Waals surface area contributed by atoms with Crippen LogP contribution in [0.5, 0.6) is 0 Å². The molecule has 0 spiro atoms. The molecule has 168 valence electrons. The van der Waals surface area contributed by atoms with Gasteiger partial charge in [-0.05, 0) is 47.7 Å². The van der Waals surface area contributed by atoms with Gasteiger partial charge in [-0.3, -0.25) is 9.59 Å². The zero-order valence-electron chi connectivity index (χ0n) is 18.1. The molecule has 0 radical (unpaired) electrons. The molecule has 0 aliphatic heterocycles. The first kappa shape index (κ1) is 24.0. The second-order valence-electron chi connectivity index (χ2n) is 7.39. The van der Waals surface area contributed by atoms with Gasteiger partial charge in [0.05, 0.1) is 6.54 Å². The van der Waals surface area contributed by atoms with Crippen molar-refractivity contribution in [2.75, 3.05) is 26.8 Å². The Morgan fingerprint density at radius 1 is 0.938 bits per heavy atom. The second kappa shape index (κ2) is 12.4. The zero-order valence-corrected chi connectivity index (χ0v) is 19.6. The normalized spacial score (nSPS) is 10.7. The molecular formula is C25H27ClN2O3S. The van der Waals surface area contributed by atoms with Gasteiger partial charge in [0.1, 0.15) is 6.54 Å². The summed E-state index contributed by atoms with van der Waals surface area (Å²) in [6.45, 7) is 1.94. The van der Waals surface area contributed by atoms with Crippen LogP contribution in [0.4, 0.5) is 0 Å². The molecule has 5 nitrogen and oxygen atoms in total. The number of carbonyl (C=O) groups excluding carboxylic acids is 2. The number of hydrogen-bond acceptors (Lipinski definition) is 4. The van der Waals surface area contributed by atoms with E-state index in [1.807, 2.05) is 47.8 Å². The van der Waals surface area contributed by atoms with Crippen molar-refractivity contribution in [2.24, 2.45) is 0 Å². The van der Waals surface area contributed by atoms with Gasteiger partial charge in [0.25, 0.3) is 5.91 Å². The number of benzene rings is 2. The average Bonchev–Trinajstić information content (AvgIpc) is 3.32. The number of thiophene rings is 1. The molecule has 2 aromatic carbocycles. The van der Waals surface area contributed by atoms with Crippen LogP contribution in [0.25, 0.3) is 0 Å². The van der Waals surface area contributed by atoms with Crippen molar-refractivity contribution in [3.05, 3.63) is 93.1 Å². The third-order valence-electron chi connectivity index (χ3n) is 4.98. The smallest absolute Gasteiger partial charge is 0.254 e. The average molecular weight is 471 g/mol. The lowest BCUT2D eigenvalue weighted by Gasteiger charge is -2.28. The summed E-state index contributed by atoms with van der Waals surface area (Å²) in [5.41, 5.74) is 1.56. The maximum Gasteiger partial charge on any atom is 0.254 e. The van der Waals surface area contributed by atoms with Gasteiger partial charge in [-0.1, -0.05) is 48.0 Å². The van der Waals surface area contributed by atoms with Gasteiger partial charge in [-0.25, -0.2) is 0 Å². The highest BCUT2D eigenvalue weighted by Crippen LogP contribution is 2.17. The van der Waals surface area contributed by atoms with E-state index in [2.05, 4.69) is 0 Å². The first-order chi connectivity index (χ1) is 15.6. The van der Waals surface area contributed by atoms with E-state index in [-0.39, 0.29) is 18.4 Å². The van der Waals surface area contributed by atoms with E-state index in [0.717, 1.165) is 10.4 Å². The van der Waals surface area contributed by atoms with Crippen molar-refractivity contribution in [2.45, 2.75) is 19.5 Å². The summed E-state index contributed by atoms with van der Waals surface area (Å²) >= 11 is 7.58. The molecule has 0 unspecified atom stereocenters. The molecular weight excluding hydrogens is 444 g/mol. The Labute approximate surface area is 198 Å². The number of ether oxygens (including phenoxy) is 1. The van der Waals surface area contributed by atoms with E-state index in [9.17, 15) is 9.59 Å². The number of rotatable bonds is 11. The van der Waals surface area contributed by atoms with Crippen LogP contribution >= 0.6 is 22.9 Å². The summed E-state index contributed by atoms with van der Waals surface area (Å²) in [6, 6.07) is 20.6. The van der Waals surface area contributed by atoms with Gasteiger partial charge in [0.15, 0.2) is 0 Å². The van der Waals surface area contributed by atoms with Gasteiger partial charge in [-0.2, -0.15) is 0 Å². The van der Waals surface area contributed by atoms with Crippen LogP contribution < -0.4 is 0 Å². The van der Waals surface area contributed by atoms with Crippen molar-refractivity contribution in [3.63, 3.8) is 0 Å². The molecule has 0 aliphatic carbocycles. The van der Waals surface area contributed by atoms with E-state index in [1.165, 1.54) is 0 Å². The Bertz CT molecular complexity index is 978. The minimum Gasteiger partial charge on any atom is -0.385 e. The van der Waals surface area contributed by atoms with Crippen molar-refractivity contribution in [1.29, 1.82) is 0 Å². The summed E-state index contributed by atoms with van der Waals surface area (Å²) in [5.74, 6) is -0.288. The van der Waals surface area contributed by atoms with E-state index >= 15 is 0 Å². The highest BCUT2D eigenvalue weighted by molar-refractivity contribution is 7.09. The van der Waals surface area contributed by atoms with Crippen molar-refractivity contribution in [3.8, 4) is 0 Å². The molecule has 1 heterocycles. The molecule has 3 rings (SSSR count). The van der Waals surface area contributed by atoms with E-state index < -0.39 is 0 Å². The van der Waals surface area contributed by atoms with Gasteiger partial charge in [0, 0.05) is 42.3 Å². The summed E-state index contributed by atoms with van der Waals surface area (Å²) < 4.78 is 5.15. The summed E-state index contributed by atoms with van der Waals surface area (Å²) in [4.78, 5) is 31.0. The van der Waals surface area contributed by atoms with Crippen molar-refractivity contribution in [1.82, 2.24) is 9.80 Å². The van der Waals surface area contributed by atoms with Crippen molar-refractivity contribution < 1.29 is 14.3 Å². The Kier molecular flexibility index (Phi) is 9.28. The first-order valence-corrected chi connectivity index (χ1v) is 11.7. The molecule has 7 heteroatoms. The molecule has 3 aromatic rings. The minimum absolute atomic E-state index is 0.00336. The van der Waals surface area contributed by atoms with Crippen LogP contribution in [-0.2, 0) is 22.6 Å². The molecule has 2 amide bonds. The van der Waals surface area contributed by atoms with Crippen LogP contribution in [0.3, 0.4) is 0 Å². The van der Waals surface area contributed by atoms with Gasteiger partial charge >= 0.3 is 0 Å². The third kappa shape index (κ3) is 7.19. The number of hydrogen-bond donors (Lipinski definition) is 0. The molecule has 0 atom stereocenters. The highest BCUT2D eigenvalue weighted by Gasteiger charge is 2.23. The fourth-order valence-corrected chi connectivity index (χ4v) is 4.16. The Hall–Kier alpha value is -2.67. The quantitative estimate of drug-likeness (QED) is 0.366. The largest absolute Gasteiger partial charge is 0.385 e. The second-order valence-corrected chi connectivity index (χ2v) is 8.86. The first-order valence-electron chi connectivity index (χ1n) is 10.4. The fraction of sp³-hybridized carbons (Fsp3) is 0.280. The third-order valence-corrected chi connectivity index (χ3v) is 6.09. The summed E-state index contributed by atoms with van der Waals surface area (Å²) in [6.07, 6.45) is 0.646. The monoisotopic (exact) mass is 470 g/mol. The summed E-state index contributed by atoms with van der Waals surface area (Å²) in [5, 5.41) is 2.57. The molecule has 0 saturated carbocycles. The van der Waals surface area contributed by atoms with Crippen LogP contribution in [0.1, 0.15) is 27.2 Å². The van der Waals surface area contributed by atoms with Crippen LogP contribution in [0.15, 0.2) is 72.1 Å². The molecule has 32 heavy (non-hydrogen) atoms. The molecule has 0 bridgehead atoms. The Morgan fingerprint density at radius 3 is 2.34 bits per heavy atom. The fourth-order valence-electron chi connectivity index (χ4n) is 3.32. The van der Waals surface area contributed by atoms with E-state index in [0.29, 0.717) is 43.2 Å². The Balaban J connectivity index is 1.77. The standard InChI is InChI=1S/C25H27ClN2O3S/c1-31-15-6-14-27(25(30)21-10-12-22(26)13-11-21)19-24(29)28(18-23-9-5-16-32-23)17-20-7-3-2-4-8-20/h2-5,7-13,16H,6,14-15,17-19H2,1H3. The number of nitrogens with zero attached hydrogens (tertiary/aromatic N) is 2. The lowest BCUT2D eigenvalue weighted by Crippen LogP contribution is -2.43. The molecule has 1 aromatic heterocycles. The lowest BCUT2D eigenvalue weighted by molar-refractivity contribution is -0.133. The number of halogens is 1. The molecule has 0 N–H and O–H groups in total. The van der Waals surface area contributed by atoms with Gasteiger partial charge < -0.3 is 14.5 Å². The maximum absolute atomic E-state index is 13.4. The maximum atomic E-state index is 13.4. The topological polar surface area (TPSA) is 49.9 Å². The van der Waals surface area contributed by atoms with Crippen LogP contribution in [0, 0.1) is 0 Å². The van der Waals surface area contributed by atoms with E-state index in [4.69, 9.17) is 16.3 Å². The number of amides is 2. The molecule has 0 saturated heterocycles. The zero-order chi connectivity index (χ0) is 22.8. The number of carbonyl (C=O) groups is 2. The highest BCUT2D eigenvalue weighted by atomic mass is 35.5. The minimum atomic E-state index is -0.193. The predicted molar refractivity (Wildman–Crippen MR) is 129 cm³/mol. The molecule has 0 fully saturated rings. The van der Waals surface area contributed by atoms with Crippen LogP contribution in [-0.4, -0.2) is 48.4 Å².